The zero-order valence-electron chi connectivity index (χ0n) is 13.0. The van der Waals surface area contributed by atoms with Crippen molar-refractivity contribution < 1.29 is 14.3 Å². The number of hydrogen-bond donors (Lipinski definition) is 1. The summed E-state index contributed by atoms with van der Waals surface area (Å²) in [7, 11) is 3.60. The van der Waals surface area contributed by atoms with Crippen molar-refractivity contribution in [3.63, 3.8) is 0 Å². The van der Waals surface area contributed by atoms with Gasteiger partial charge in [-0.1, -0.05) is 18.2 Å². The number of nitrogens with one attached hydrogen (secondary N) is 1. The summed E-state index contributed by atoms with van der Waals surface area (Å²) in [6, 6.07) is 9.67. The van der Waals surface area contributed by atoms with E-state index in [1.165, 1.54) is 7.11 Å². The molecule has 0 spiro atoms. The first-order chi connectivity index (χ1) is 10.6. The molecule has 2 saturated heterocycles. The van der Waals surface area contributed by atoms with Crippen molar-refractivity contribution in [3.05, 3.63) is 35.9 Å². The van der Waals surface area contributed by atoms with E-state index in [1.807, 2.05) is 18.2 Å². The second kappa shape index (κ2) is 6.08. The van der Waals surface area contributed by atoms with Crippen LogP contribution < -0.4 is 0 Å². The topological polar surface area (TPSA) is 62.6 Å². The van der Waals surface area contributed by atoms with Gasteiger partial charge in [0.2, 0.25) is 0 Å². The Morgan fingerprint density at radius 1 is 1.27 bits per heavy atom. The third-order valence-corrected chi connectivity index (χ3v) is 5.00. The molecule has 2 aliphatic rings. The molecule has 1 aromatic carbocycles. The van der Waals surface area contributed by atoms with Gasteiger partial charge < -0.3 is 9.47 Å². The second-order valence-corrected chi connectivity index (χ2v) is 6.10. The lowest BCUT2D eigenvalue weighted by molar-refractivity contribution is -0.0205. The predicted molar refractivity (Wildman–Crippen MR) is 83.1 cm³/mol. The summed E-state index contributed by atoms with van der Waals surface area (Å²) < 4.78 is 10.9. The molecule has 0 radical (unpaired) electrons. The molecule has 4 unspecified atom stereocenters. The number of ether oxygens (including phenoxy) is 2. The van der Waals surface area contributed by atoms with Crippen molar-refractivity contribution in [2.75, 3.05) is 14.2 Å². The maximum Gasteiger partial charge on any atom is 0.338 e. The summed E-state index contributed by atoms with van der Waals surface area (Å²) in [5, 5.41) is 8.11. The number of piperidine rings is 1. The Morgan fingerprint density at radius 2 is 2.00 bits per heavy atom. The van der Waals surface area contributed by atoms with Gasteiger partial charge in [-0.15, -0.1) is 0 Å². The van der Waals surface area contributed by atoms with Crippen LogP contribution in [0.15, 0.2) is 30.3 Å². The third kappa shape index (κ3) is 2.61. The van der Waals surface area contributed by atoms with Crippen LogP contribution in [-0.2, 0) is 9.47 Å². The van der Waals surface area contributed by atoms with Gasteiger partial charge in [0.1, 0.15) is 6.10 Å². The highest BCUT2D eigenvalue weighted by Gasteiger charge is 2.49. The highest BCUT2D eigenvalue weighted by molar-refractivity contribution is 5.89. The van der Waals surface area contributed by atoms with Crippen LogP contribution in [0.3, 0.4) is 0 Å². The van der Waals surface area contributed by atoms with Crippen LogP contribution in [0.25, 0.3) is 0 Å². The number of carbonyl (C=O) groups is 1. The fraction of sp³-hybridized carbons (Fsp3) is 0.529. The lowest BCUT2D eigenvalue weighted by Crippen LogP contribution is -2.53. The van der Waals surface area contributed by atoms with Gasteiger partial charge in [0.05, 0.1) is 18.6 Å². The summed E-state index contributed by atoms with van der Waals surface area (Å²) in [4.78, 5) is 14.6. The Bertz CT molecular complexity index is 560. The third-order valence-electron chi connectivity index (χ3n) is 5.00. The fourth-order valence-corrected chi connectivity index (χ4v) is 3.80. The monoisotopic (exact) mass is 302 g/mol. The maximum atomic E-state index is 12.3. The van der Waals surface area contributed by atoms with E-state index in [4.69, 9.17) is 14.9 Å². The van der Waals surface area contributed by atoms with E-state index in [0.717, 1.165) is 19.3 Å². The normalized spacial score (nSPS) is 30.8. The predicted octanol–water partition coefficient (Wildman–Crippen LogP) is 2.32. The molecule has 0 aromatic heterocycles. The van der Waals surface area contributed by atoms with E-state index in [1.54, 1.807) is 12.1 Å². The smallest absolute Gasteiger partial charge is 0.338 e. The number of esters is 1. The van der Waals surface area contributed by atoms with Crippen LogP contribution in [-0.4, -0.2) is 49.1 Å². The Kier molecular flexibility index (Phi) is 4.16. The molecule has 2 bridgehead atoms. The standard InChI is InChI=1S/C17H22N2O3/c1-19-12-8-9-13(19)15(16(18)21-2)14(10-12)22-17(20)11-6-4-3-5-7-11/h3-7,12-15,18H,8-10H2,1-2H3. The minimum atomic E-state index is -0.316. The fourth-order valence-electron chi connectivity index (χ4n) is 3.80. The van der Waals surface area contributed by atoms with Crippen molar-refractivity contribution in [1.82, 2.24) is 4.90 Å². The molecule has 2 fully saturated rings. The second-order valence-electron chi connectivity index (χ2n) is 6.10. The van der Waals surface area contributed by atoms with Gasteiger partial charge in [0.15, 0.2) is 5.90 Å². The molecule has 0 saturated carbocycles. The van der Waals surface area contributed by atoms with Crippen molar-refractivity contribution in [1.29, 1.82) is 5.41 Å². The minimum Gasteiger partial charge on any atom is -0.484 e. The summed E-state index contributed by atoms with van der Waals surface area (Å²) in [6.45, 7) is 0. The van der Waals surface area contributed by atoms with Crippen molar-refractivity contribution in [3.8, 4) is 0 Å². The molecule has 1 aromatic rings. The first-order valence-corrected chi connectivity index (χ1v) is 7.72. The molecule has 4 atom stereocenters. The summed E-state index contributed by atoms with van der Waals surface area (Å²) in [5.74, 6) is -0.284. The quantitative estimate of drug-likeness (QED) is 0.529. The van der Waals surface area contributed by atoms with Gasteiger partial charge in [-0.2, -0.15) is 0 Å². The van der Waals surface area contributed by atoms with Crippen molar-refractivity contribution in [2.45, 2.75) is 37.5 Å². The SMILES string of the molecule is COC(=N)C1C(OC(=O)c2ccccc2)CC2CCC1N2C. The van der Waals surface area contributed by atoms with E-state index >= 15 is 0 Å². The van der Waals surface area contributed by atoms with Crippen LogP contribution in [0, 0.1) is 11.3 Å². The number of benzene rings is 1. The number of nitrogens with zero attached hydrogens (tertiary/aromatic N) is 1. The molecule has 5 heteroatoms. The van der Waals surface area contributed by atoms with Crippen molar-refractivity contribution >= 4 is 11.9 Å². The van der Waals surface area contributed by atoms with E-state index in [-0.39, 0.29) is 29.9 Å². The zero-order valence-corrected chi connectivity index (χ0v) is 13.0. The van der Waals surface area contributed by atoms with Crippen molar-refractivity contribution in [2.24, 2.45) is 5.92 Å². The van der Waals surface area contributed by atoms with Crippen LogP contribution in [0.4, 0.5) is 0 Å². The van der Waals surface area contributed by atoms with Crippen LogP contribution in [0.5, 0.6) is 0 Å². The van der Waals surface area contributed by atoms with Crippen LogP contribution >= 0.6 is 0 Å². The largest absolute Gasteiger partial charge is 0.484 e. The first kappa shape index (κ1) is 15.0. The highest BCUT2D eigenvalue weighted by Crippen LogP contribution is 2.40. The van der Waals surface area contributed by atoms with Gasteiger partial charge >= 0.3 is 5.97 Å². The first-order valence-electron chi connectivity index (χ1n) is 7.72. The minimum absolute atomic E-state index is 0.179. The molecule has 0 amide bonds. The number of methoxy groups -OCH3 is 1. The molecule has 1 N–H and O–H groups in total. The molecular formula is C17H22N2O3. The molecule has 0 aliphatic carbocycles. The van der Waals surface area contributed by atoms with Gasteiger partial charge in [0.25, 0.3) is 0 Å². The van der Waals surface area contributed by atoms with Gasteiger partial charge in [-0.3, -0.25) is 10.3 Å². The average molecular weight is 302 g/mol. The molecular weight excluding hydrogens is 280 g/mol. The van der Waals surface area contributed by atoms with Crippen LogP contribution in [0.2, 0.25) is 0 Å². The van der Waals surface area contributed by atoms with E-state index in [0.29, 0.717) is 11.6 Å². The lowest BCUT2D eigenvalue weighted by atomic mass is 9.87. The van der Waals surface area contributed by atoms with Gasteiger partial charge in [-0.25, -0.2) is 4.79 Å². The Balaban J connectivity index is 1.79. The average Bonchev–Trinajstić information content (AvgIpc) is 2.78. The zero-order chi connectivity index (χ0) is 15.7. The summed E-state index contributed by atoms with van der Waals surface area (Å²) in [6.07, 6.45) is 2.60. The highest BCUT2D eigenvalue weighted by atomic mass is 16.5. The Morgan fingerprint density at radius 3 is 2.68 bits per heavy atom. The van der Waals surface area contributed by atoms with Gasteiger partial charge in [-0.05, 0) is 32.0 Å². The molecule has 118 valence electrons. The number of fused-ring (bicyclic) bond motifs is 2. The maximum absolute atomic E-state index is 12.3. The summed E-state index contributed by atoms with van der Waals surface area (Å²) >= 11 is 0. The number of rotatable bonds is 3. The lowest BCUT2D eigenvalue weighted by Gasteiger charge is -2.41. The van der Waals surface area contributed by atoms with Crippen LogP contribution in [0.1, 0.15) is 29.6 Å². The Labute approximate surface area is 130 Å². The molecule has 2 aliphatic heterocycles. The van der Waals surface area contributed by atoms with E-state index < -0.39 is 0 Å². The van der Waals surface area contributed by atoms with Gasteiger partial charge in [0, 0.05) is 18.5 Å². The molecule has 3 rings (SSSR count). The van der Waals surface area contributed by atoms with E-state index in [9.17, 15) is 4.79 Å². The number of carbonyl (C=O) groups excluding carboxylic acids is 1. The molecule has 5 nitrogen and oxygen atoms in total. The number of hydrogen-bond acceptors (Lipinski definition) is 5. The Hall–Kier alpha value is -1.88. The molecule has 2 heterocycles. The van der Waals surface area contributed by atoms with E-state index in [2.05, 4.69) is 11.9 Å². The molecule has 22 heavy (non-hydrogen) atoms. The summed E-state index contributed by atoms with van der Waals surface area (Å²) in [5.41, 5.74) is 0.552.